The molecular formula is C27H32N4. The number of hydrogen-bond donors (Lipinski definition) is 1. The maximum absolute atomic E-state index is 5.08. The van der Waals surface area contributed by atoms with Crippen LogP contribution >= 0.6 is 0 Å². The molecule has 4 nitrogen and oxygen atoms in total. The number of allylic oxidation sites excluding steroid dienone is 4. The summed E-state index contributed by atoms with van der Waals surface area (Å²) >= 11 is 0. The Morgan fingerprint density at radius 1 is 1.00 bits per heavy atom. The predicted molar refractivity (Wildman–Crippen MR) is 129 cm³/mol. The van der Waals surface area contributed by atoms with E-state index in [1.54, 1.807) is 0 Å². The molecule has 31 heavy (non-hydrogen) atoms. The third kappa shape index (κ3) is 4.23. The fraction of sp³-hybridized carbons (Fsp3) is 0.370. The van der Waals surface area contributed by atoms with E-state index in [1.807, 2.05) is 0 Å². The Morgan fingerprint density at radius 3 is 2.48 bits per heavy atom. The van der Waals surface area contributed by atoms with E-state index in [4.69, 9.17) is 4.98 Å². The maximum Gasteiger partial charge on any atom is 0.137 e. The van der Waals surface area contributed by atoms with E-state index < -0.39 is 0 Å². The van der Waals surface area contributed by atoms with Crippen molar-refractivity contribution in [2.75, 3.05) is 20.1 Å². The van der Waals surface area contributed by atoms with Crippen LogP contribution in [0.1, 0.15) is 42.5 Å². The summed E-state index contributed by atoms with van der Waals surface area (Å²) in [5.74, 6) is 0. The summed E-state index contributed by atoms with van der Waals surface area (Å²) in [6.07, 6.45) is 13.8. The summed E-state index contributed by atoms with van der Waals surface area (Å²) in [6, 6.07) is 13.8. The standard InChI is InChI=1S/C27H32N4/c1-20-8-10-22(11-9-20)27-25(19-30-16-14-24(28-2)15-17-30)31-18-23(12-13-26(31)29-27)21-6-4-3-5-7-21/h4,6-13,18,24,28H,3,5,14-17,19H2,1-2H3. The molecule has 0 amide bonds. The van der Waals surface area contributed by atoms with Crippen LogP contribution in [0.4, 0.5) is 0 Å². The minimum absolute atomic E-state index is 0.645. The van der Waals surface area contributed by atoms with Gasteiger partial charge < -0.3 is 9.72 Å². The summed E-state index contributed by atoms with van der Waals surface area (Å²) < 4.78 is 2.33. The molecule has 1 saturated heterocycles. The molecular weight excluding hydrogens is 380 g/mol. The Balaban J connectivity index is 1.56. The number of piperidine rings is 1. The monoisotopic (exact) mass is 412 g/mol. The Labute approximate surface area is 185 Å². The zero-order valence-corrected chi connectivity index (χ0v) is 18.6. The molecule has 3 heterocycles. The highest BCUT2D eigenvalue weighted by Crippen LogP contribution is 2.29. The van der Waals surface area contributed by atoms with Gasteiger partial charge in [-0.25, -0.2) is 4.98 Å². The number of fused-ring (bicyclic) bond motifs is 1. The van der Waals surface area contributed by atoms with Crippen molar-refractivity contribution in [1.29, 1.82) is 0 Å². The summed E-state index contributed by atoms with van der Waals surface area (Å²) in [5.41, 5.74) is 8.50. The van der Waals surface area contributed by atoms with Gasteiger partial charge in [-0.2, -0.15) is 0 Å². The second kappa shape index (κ2) is 8.81. The molecule has 160 valence electrons. The normalized spacial score (nSPS) is 17.9. The van der Waals surface area contributed by atoms with Crippen molar-refractivity contribution in [3.05, 3.63) is 77.6 Å². The first kappa shape index (κ1) is 20.2. The third-order valence-corrected chi connectivity index (χ3v) is 6.74. The quantitative estimate of drug-likeness (QED) is 0.623. The second-order valence-corrected chi connectivity index (χ2v) is 8.90. The number of aromatic nitrogens is 2. The Kier molecular flexibility index (Phi) is 5.75. The van der Waals surface area contributed by atoms with Gasteiger partial charge in [0.15, 0.2) is 0 Å². The molecule has 0 radical (unpaired) electrons. The number of imidazole rings is 1. The highest BCUT2D eigenvalue weighted by atomic mass is 15.2. The lowest BCUT2D eigenvalue weighted by molar-refractivity contribution is 0.192. The molecule has 0 unspecified atom stereocenters. The lowest BCUT2D eigenvalue weighted by atomic mass is 10.0. The van der Waals surface area contributed by atoms with Crippen molar-refractivity contribution in [2.45, 2.75) is 45.2 Å². The van der Waals surface area contributed by atoms with Crippen LogP contribution in [0.5, 0.6) is 0 Å². The summed E-state index contributed by atoms with van der Waals surface area (Å²) in [6.45, 7) is 5.32. The topological polar surface area (TPSA) is 32.6 Å². The van der Waals surface area contributed by atoms with Gasteiger partial charge in [0.05, 0.1) is 11.4 Å². The van der Waals surface area contributed by atoms with E-state index in [0.29, 0.717) is 6.04 Å². The lowest BCUT2D eigenvalue weighted by Gasteiger charge is -2.31. The Hall–Kier alpha value is -2.69. The first-order valence-corrected chi connectivity index (χ1v) is 11.6. The van der Waals surface area contributed by atoms with Crippen molar-refractivity contribution < 1.29 is 0 Å². The molecule has 1 fully saturated rings. The summed E-state index contributed by atoms with van der Waals surface area (Å²) in [4.78, 5) is 7.67. The summed E-state index contributed by atoms with van der Waals surface area (Å²) in [7, 11) is 2.08. The van der Waals surface area contributed by atoms with Crippen molar-refractivity contribution in [3.8, 4) is 11.3 Å². The molecule has 0 spiro atoms. The minimum Gasteiger partial charge on any atom is -0.317 e. The number of benzene rings is 1. The van der Waals surface area contributed by atoms with Gasteiger partial charge in [-0.15, -0.1) is 0 Å². The lowest BCUT2D eigenvalue weighted by Crippen LogP contribution is -2.40. The van der Waals surface area contributed by atoms with Gasteiger partial charge in [-0.05, 0) is 62.9 Å². The number of rotatable bonds is 5. The molecule has 3 aromatic rings. The SMILES string of the molecule is CNC1CCN(Cc2c(-c3ccc(C)cc3)nc3ccc(C4=CCCC=C4)cn23)CC1. The van der Waals surface area contributed by atoms with Crippen LogP contribution in [0.2, 0.25) is 0 Å². The molecule has 0 bridgehead atoms. The average Bonchev–Trinajstić information content (AvgIpc) is 3.18. The Bertz CT molecular complexity index is 1110. The number of pyridine rings is 1. The Morgan fingerprint density at radius 2 is 1.77 bits per heavy atom. The van der Waals surface area contributed by atoms with E-state index in [0.717, 1.165) is 43.8 Å². The van der Waals surface area contributed by atoms with Gasteiger partial charge in [0.25, 0.3) is 0 Å². The van der Waals surface area contributed by atoms with Gasteiger partial charge in [-0.3, -0.25) is 4.90 Å². The minimum atomic E-state index is 0.645. The zero-order chi connectivity index (χ0) is 21.2. The molecule has 2 aromatic heterocycles. The molecule has 1 aliphatic carbocycles. The predicted octanol–water partition coefficient (Wildman–Crippen LogP) is 5.23. The van der Waals surface area contributed by atoms with Crippen LogP contribution < -0.4 is 5.32 Å². The maximum atomic E-state index is 5.08. The first-order valence-electron chi connectivity index (χ1n) is 11.6. The second-order valence-electron chi connectivity index (χ2n) is 8.90. The number of nitrogens with zero attached hydrogens (tertiary/aromatic N) is 3. The van der Waals surface area contributed by atoms with E-state index in [-0.39, 0.29) is 0 Å². The van der Waals surface area contributed by atoms with Crippen LogP contribution in [0.25, 0.3) is 22.5 Å². The number of hydrogen-bond acceptors (Lipinski definition) is 3. The van der Waals surface area contributed by atoms with E-state index in [9.17, 15) is 0 Å². The van der Waals surface area contributed by atoms with Crippen molar-refractivity contribution >= 4 is 11.2 Å². The zero-order valence-electron chi connectivity index (χ0n) is 18.6. The highest BCUT2D eigenvalue weighted by molar-refractivity contribution is 5.76. The van der Waals surface area contributed by atoms with Gasteiger partial charge in [0.1, 0.15) is 5.65 Å². The van der Waals surface area contributed by atoms with Crippen molar-refractivity contribution in [2.24, 2.45) is 0 Å². The number of nitrogens with one attached hydrogen (secondary N) is 1. The van der Waals surface area contributed by atoms with Gasteiger partial charge in [0.2, 0.25) is 0 Å². The number of aryl methyl sites for hydroxylation is 1. The van der Waals surface area contributed by atoms with Gasteiger partial charge >= 0.3 is 0 Å². The molecule has 0 saturated carbocycles. The smallest absolute Gasteiger partial charge is 0.137 e. The van der Waals surface area contributed by atoms with E-state index in [2.05, 4.69) is 89.4 Å². The number of likely N-dealkylation sites (tertiary alicyclic amines) is 1. The highest BCUT2D eigenvalue weighted by Gasteiger charge is 2.22. The van der Waals surface area contributed by atoms with E-state index in [1.165, 1.54) is 40.8 Å². The summed E-state index contributed by atoms with van der Waals surface area (Å²) in [5, 5.41) is 3.44. The molecule has 5 rings (SSSR count). The molecule has 1 aliphatic heterocycles. The molecule has 1 aromatic carbocycles. The molecule has 1 N–H and O–H groups in total. The third-order valence-electron chi connectivity index (χ3n) is 6.74. The van der Waals surface area contributed by atoms with Crippen molar-refractivity contribution in [1.82, 2.24) is 19.6 Å². The average molecular weight is 413 g/mol. The van der Waals surface area contributed by atoms with Gasteiger partial charge in [0, 0.05) is 37.4 Å². The molecule has 2 aliphatic rings. The molecule has 4 heteroatoms. The van der Waals surface area contributed by atoms with Crippen LogP contribution in [0, 0.1) is 6.92 Å². The van der Waals surface area contributed by atoms with Crippen LogP contribution in [-0.2, 0) is 6.54 Å². The molecule has 0 atom stereocenters. The van der Waals surface area contributed by atoms with Crippen LogP contribution in [0.3, 0.4) is 0 Å². The van der Waals surface area contributed by atoms with Crippen LogP contribution in [0.15, 0.2) is 60.8 Å². The first-order chi connectivity index (χ1) is 15.2. The van der Waals surface area contributed by atoms with Crippen molar-refractivity contribution in [3.63, 3.8) is 0 Å². The van der Waals surface area contributed by atoms with E-state index >= 15 is 0 Å². The fourth-order valence-electron chi connectivity index (χ4n) is 4.78. The van der Waals surface area contributed by atoms with Gasteiger partial charge in [-0.1, -0.05) is 48.1 Å². The fourth-order valence-corrected chi connectivity index (χ4v) is 4.78. The van der Waals surface area contributed by atoms with Crippen LogP contribution in [-0.4, -0.2) is 40.5 Å². The largest absolute Gasteiger partial charge is 0.317 e.